The summed E-state index contributed by atoms with van der Waals surface area (Å²) < 4.78 is 8.10. The minimum absolute atomic E-state index is 0.516. The molecule has 1 aromatic heterocycles. The first-order chi connectivity index (χ1) is 9.22. The van der Waals surface area contributed by atoms with Crippen molar-refractivity contribution in [1.82, 2.24) is 4.98 Å². The number of rotatable bonds is 3. The van der Waals surface area contributed by atoms with Crippen molar-refractivity contribution in [2.75, 3.05) is 0 Å². The van der Waals surface area contributed by atoms with Crippen LogP contribution in [-0.2, 0) is 6.61 Å². The monoisotopic (exact) mass is 333 g/mol. The van der Waals surface area contributed by atoms with Gasteiger partial charge in [-0.3, -0.25) is 0 Å². The summed E-state index contributed by atoms with van der Waals surface area (Å²) in [6.07, 6.45) is 0. The van der Waals surface area contributed by atoms with Crippen LogP contribution >= 0.6 is 27.3 Å². The number of nitrogens with zero attached hydrogens (tertiary/aromatic N) is 1. The molecule has 0 aliphatic carbocycles. The lowest BCUT2D eigenvalue weighted by Gasteiger charge is -2.07. The SMILES string of the molecule is Cc1cc(Br)ccc1OCc1nc2ccccc2s1. The van der Waals surface area contributed by atoms with Gasteiger partial charge in [-0.15, -0.1) is 11.3 Å². The minimum atomic E-state index is 0.516. The lowest BCUT2D eigenvalue weighted by atomic mass is 10.2. The van der Waals surface area contributed by atoms with Crippen molar-refractivity contribution in [3.05, 3.63) is 57.5 Å². The Morgan fingerprint density at radius 2 is 2.05 bits per heavy atom. The maximum absolute atomic E-state index is 5.83. The highest BCUT2D eigenvalue weighted by Gasteiger charge is 2.05. The summed E-state index contributed by atoms with van der Waals surface area (Å²) in [5.41, 5.74) is 2.16. The van der Waals surface area contributed by atoms with E-state index in [9.17, 15) is 0 Å². The third kappa shape index (κ3) is 2.80. The van der Waals surface area contributed by atoms with Crippen LogP contribution in [-0.4, -0.2) is 4.98 Å². The fourth-order valence-corrected chi connectivity index (χ4v) is 3.25. The van der Waals surface area contributed by atoms with Crippen LogP contribution in [0, 0.1) is 6.92 Å². The number of halogens is 1. The highest BCUT2D eigenvalue weighted by atomic mass is 79.9. The smallest absolute Gasteiger partial charge is 0.140 e. The summed E-state index contributed by atoms with van der Waals surface area (Å²) in [6.45, 7) is 2.56. The molecule has 3 aromatic rings. The van der Waals surface area contributed by atoms with Crippen LogP contribution in [0.1, 0.15) is 10.6 Å². The lowest BCUT2D eigenvalue weighted by molar-refractivity contribution is 0.303. The van der Waals surface area contributed by atoms with Crippen LogP contribution in [0.25, 0.3) is 10.2 Å². The topological polar surface area (TPSA) is 22.1 Å². The van der Waals surface area contributed by atoms with E-state index in [1.54, 1.807) is 11.3 Å². The number of ether oxygens (including phenoxy) is 1. The van der Waals surface area contributed by atoms with Gasteiger partial charge in [0.25, 0.3) is 0 Å². The van der Waals surface area contributed by atoms with Gasteiger partial charge in [0, 0.05) is 4.47 Å². The third-order valence-electron chi connectivity index (χ3n) is 2.83. The van der Waals surface area contributed by atoms with Gasteiger partial charge >= 0.3 is 0 Å². The average molecular weight is 334 g/mol. The predicted molar refractivity (Wildman–Crippen MR) is 82.8 cm³/mol. The van der Waals surface area contributed by atoms with Crippen molar-refractivity contribution < 1.29 is 4.74 Å². The Hall–Kier alpha value is -1.39. The minimum Gasteiger partial charge on any atom is -0.486 e. The van der Waals surface area contributed by atoms with Crippen LogP contribution in [0.2, 0.25) is 0 Å². The molecular formula is C15H12BrNOS. The van der Waals surface area contributed by atoms with Crippen LogP contribution in [0.4, 0.5) is 0 Å². The Morgan fingerprint density at radius 1 is 1.21 bits per heavy atom. The Balaban J connectivity index is 1.78. The van der Waals surface area contributed by atoms with Gasteiger partial charge in [0.05, 0.1) is 10.2 Å². The number of aromatic nitrogens is 1. The second-order valence-corrected chi connectivity index (χ2v) is 6.30. The number of hydrogen-bond acceptors (Lipinski definition) is 3. The predicted octanol–water partition coefficient (Wildman–Crippen LogP) is 4.95. The van der Waals surface area contributed by atoms with Crippen molar-refractivity contribution in [2.24, 2.45) is 0 Å². The van der Waals surface area contributed by atoms with Crippen LogP contribution in [0.15, 0.2) is 46.9 Å². The normalized spacial score (nSPS) is 10.8. The van der Waals surface area contributed by atoms with Gasteiger partial charge in [0.15, 0.2) is 0 Å². The van der Waals surface area contributed by atoms with Crippen molar-refractivity contribution in [2.45, 2.75) is 13.5 Å². The third-order valence-corrected chi connectivity index (χ3v) is 4.33. The van der Waals surface area contributed by atoms with Crippen LogP contribution < -0.4 is 4.74 Å². The van der Waals surface area contributed by atoms with Gasteiger partial charge in [0.2, 0.25) is 0 Å². The number of para-hydroxylation sites is 1. The summed E-state index contributed by atoms with van der Waals surface area (Å²) in [4.78, 5) is 4.56. The quantitative estimate of drug-likeness (QED) is 0.676. The van der Waals surface area contributed by atoms with Gasteiger partial charge < -0.3 is 4.74 Å². The van der Waals surface area contributed by atoms with E-state index in [-0.39, 0.29) is 0 Å². The summed E-state index contributed by atoms with van der Waals surface area (Å²) in [7, 11) is 0. The zero-order valence-corrected chi connectivity index (χ0v) is 12.8. The molecule has 0 aliphatic rings. The van der Waals surface area contributed by atoms with E-state index in [0.29, 0.717) is 6.61 Å². The van der Waals surface area contributed by atoms with E-state index in [0.717, 1.165) is 26.3 Å². The molecule has 96 valence electrons. The molecule has 0 saturated carbocycles. The average Bonchev–Trinajstić information content (AvgIpc) is 2.80. The molecule has 0 spiro atoms. The number of aryl methyl sites for hydroxylation is 1. The molecule has 2 nitrogen and oxygen atoms in total. The molecule has 0 radical (unpaired) electrons. The Labute approximate surface area is 124 Å². The van der Waals surface area contributed by atoms with E-state index in [1.165, 1.54) is 4.70 Å². The molecule has 3 rings (SSSR count). The maximum atomic E-state index is 5.83. The highest BCUT2D eigenvalue weighted by Crippen LogP contribution is 2.25. The van der Waals surface area contributed by atoms with E-state index in [4.69, 9.17) is 4.74 Å². The number of hydrogen-bond donors (Lipinski definition) is 0. The molecule has 0 bridgehead atoms. The first kappa shape index (κ1) is 12.6. The zero-order valence-electron chi connectivity index (χ0n) is 10.4. The highest BCUT2D eigenvalue weighted by molar-refractivity contribution is 9.10. The Kier molecular flexibility index (Phi) is 3.53. The van der Waals surface area contributed by atoms with Crippen molar-refractivity contribution in [3.8, 4) is 5.75 Å². The van der Waals surface area contributed by atoms with E-state index < -0.39 is 0 Å². The molecule has 0 atom stereocenters. The zero-order chi connectivity index (χ0) is 13.2. The van der Waals surface area contributed by atoms with E-state index >= 15 is 0 Å². The fourth-order valence-electron chi connectivity index (χ4n) is 1.90. The van der Waals surface area contributed by atoms with Crippen LogP contribution in [0.3, 0.4) is 0 Å². The molecule has 0 amide bonds. The van der Waals surface area contributed by atoms with E-state index in [2.05, 4.69) is 27.0 Å². The molecule has 1 heterocycles. The molecule has 19 heavy (non-hydrogen) atoms. The Morgan fingerprint density at radius 3 is 2.84 bits per heavy atom. The molecule has 2 aromatic carbocycles. The maximum Gasteiger partial charge on any atom is 0.140 e. The molecular weight excluding hydrogens is 322 g/mol. The van der Waals surface area contributed by atoms with Gasteiger partial charge in [-0.1, -0.05) is 28.1 Å². The summed E-state index contributed by atoms with van der Waals surface area (Å²) in [5, 5.41) is 1.00. The summed E-state index contributed by atoms with van der Waals surface area (Å²) >= 11 is 5.13. The van der Waals surface area contributed by atoms with Crippen molar-refractivity contribution in [3.63, 3.8) is 0 Å². The van der Waals surface area contributed by atoms with Crippen LogP contribution in [0.5, 0.6) is 5.75 Å². The molecule has 0 unspecified atom stereocenters. The van der Waals surface area contributed by atoms with Gasteiger partial charge in [-0.25, -0.2) is 4.98 Å². The molecule has 0 saturated heterocycles. The number of thiazole rings is 1. The van der Waals surface area contributed by atoms with Gasteiger partial charge in [-0.05, 0) is 42.8 Å². The number of fused-ring (bicyclic) bond motifs is 1. The molecule has 0 N–H and O–H groups in total. The first-order valence-electron chi connectivity index (χ1n) is 5.96. The molecule has 4 heteroatoms. The standard InChI is InChI=1S/C15H12BrNOS/c1-10-8-11(16)6-7-13(10)18-9-15-17-12-4-2-3-5-14(12)19-15/h2-8H,9H2,1H3. The summed E-state index contributed by atoms with van der Waals surface area (Å²) in [5.74, 6) is 0.905. The lowest BCUT2D eigenvalue weighted by Crippen LogP contribution is -1.96. The second kappa shape index (κ2) is 5.31. The molecule has 0 aliphatic heterocycles. The largest absolute Gasteiger partial charge is 0.486 e. The second-order valence-electron chi connectivity index (χ2n) is 4.27. The van der Waals surface area contributed by atoms with Crippen molar-refractivity contribution >= 4 is 37.5 Å². The molecule has 0 fully saturated rings. The van der Waals surface area contributed by atoms with Crippen molar-refractivity contribution in [1.29, 1.82) is 0 Å². The van der Waals surface area contributed by atoms with E-state index in [1.807, 2.05) is 43.3 Å². The van der Waals surface area contributed by atoms with Gasteiger partial charge in [0.1, 0.15) is 17.4 Å². The van der Waals surface area contributed by atoms with Gasteiger partial charge in [-0.2, -0.15) is 0 Å². The Bertz CT molecular complexity index is 690. The summed E-state index contributed by atoms with van der Waals surface area (Å²) in [6, 6.07) is 14.2. The number of benzene rings is 2. The first-order valence-corrected chi connectivity index (χ1v) is 7.57. The fraction of sp³-hybridized carbons (Fsp3) is 0.133.